The fourth-order valence-electron chi connectivity index (χ4n) is 10.3. The average molecular weight is 731 g/mol. The van der Waals surface area contributed by atoms with Crippen LogP contribution in [0.25, 0.3) is 77.6 Å². The Labute approximate surface area is 334 Å². The number of aromatic nitrogens is 2. The minimum absolute atomic E-state index is 0.111. The van der Waals surface area contributed by atoms with Crippen LogP contribution >= 0.6 is 0 Å². The fraction of sp³-hybridized carbons (Fsp3) is 0.127. The molecule has 9 aromatic rings. The van der Waals surface area contributed by atoms with Crippen molar-refractivity contribution in [2.24, 2.45) is 0 Å². The average Bonchev–Trinajstić information content (AvgIpc) is 3.44. The normalized spacial score (nSPS) is 16.4. The SMILES string of the molecule is CC1c2ccccc2-c2ccc3c(c2CC1c1cc(-c2ccc(-c4ccccc4)cc2)nc(-c2ccccc2)n1)C(C)(C)c1c-3c2ccccc2c2ccccc12. The Morgan fingerprint density at radius 2 is 1.04 bits per heavy atom. The van der Waals surface area contributed by atoms with Crippen molar-refractivity contribution in [2.45, 2.75) is 44.4 Å². The Hall–Kier alpha value is -6.64. The van der Waals surface area contributed by atoms with Crippen LogP contribution in [0, 0.1) is 0 Å². The van der Waals surface area contributed by atoms with E-state index in [0.29, 0.717) is 0 Å². The van der Waals surface area contributed by atoms with Crippen LogP contribution in [0.3, 0.4) is 0 Å². The van der Waals surface area contributed by atoms with Gasteiger partial charge in [-0.2, -0.15) is 0 Å². The minimum Gasteiger partial charge on any atom is -0.233 e. The van der Waals surface area contributed by atoms with E-state index in [2.05, 4.69) is 197 Å². The predicted octanol–water partition coefficient (Wildman–Crippen LogP) is 14.2. The molecule has 0 saturated carbocycles. The van der Waals surface area contributed by atoms with E-state index in [0.717, 1.165) is 34.8 Å². The minimum atomic E-state index is -0.223. The summed E-state index contributed by atoms with van der Waals surface area (Å²) in [6.45, 7) is 7.34. The van der Waals surface area contributed by atoms with E-state index in [4.69, 9.17) is 9.97 Å². The summed E-state index contributed by atoms with van der Waals surface area (Å²) in [5.41, 5.74) is 17.5. The molecule has 57 heavy (non-hydrogen) atoms. The third-order valence-electron chi connectivity index (χ3n) is 13.0. The molecular weight excluding hydrogens is 689 g/mol. The topological polar surface area (TPSA) is 25.8 Å². The molecule has 11 rings (SSSR count). The Bertz CT molecular complexity index is 3010. The molecular formula is C55H42N2. The maximum absolute atomic E-state index is 5.50. The van der Waals surface area contributed by atoms with Crippen LogP contribution in [0.4, 0.5) is 0 Å². The van der Waals surface area contributed by atoms with E-state index >= 15 is 0 Å². The van der Waals surface area contributed by atoms with Gasteiger partial charge in [0.05, 0.1) is 5.69 Å². The number of fused-ring (bicyclic) bond motifs is 12. The highest BCUT2D eigenvalue weighted by atomic mass is 14.9. The second kappa shape index (κ2) is 13.0. The fourth-order valence-corrected chi connectivity index (χ4v) is 10.3. The lowest BCUT2D eigenvalue weighted by Gasteiger charge is -2.29. The number of hydrogen-bond donors (Lipinski definition) is 0. The van der Waals surface area contributed by atoms with Gasteiger partial charge in [0, 0.05) is 28.2 Å². The van der Waals surface area contributed by atoms with Crippen molar-refractivity contribution in [3.8, 4) is 56.0 Å². The molecule has 2 unspecified atom stereocenters. The van der Waals surface area contributed by atoms with Crippen molar-refractivity contribution < 1.29 is 0 Å². The quantitative estimate of drug-likeness (QED) is 0.169. The summed E-state index contributed by atoms with van der Waals surface area (Å²) >= 11 is 0. The summed E-state index contributed by atoms with van der Waals surface area (Å²) in [5, 5.41) is 5.34. The number of hydrogen-bond acceptors (Lipinski definition) is 2. The first kappa shape index (κ1) is 33.7. The van der Waals surface area contributed by atoms with Crippen molar-refractivity contribution in [3.05, 3.63) is 204 Å². The van der Waals surface area contributed by atoms with Gasteiger partial charge in [-0.1, -0.05) is 191 Å². The highest BCUT2D eigenvalue weighted by molar-refractivity contribution is 6.18. The summed E-state index contributed by atoms with van der Waals surface area (Å²) in [5.74, 6) is 1.09. The molecule has 0 aliphatic heterocycles. The lowest BCUT2D eigenvalue weighted by atomic mass is 9.75. The zero-order chi connectivity index (χ0) is 38.3. The van der Waals surface area contributed by atoms with Crippen LogP contribution in [-0.4, -0.2) is 9.97 Å². The first-order chi connectivity index (χ1) is 28.0. The van der Waals surface area contributed by atoms with Gasteiger partial charge in [0.25, 0.3) is 0 Å². The molecule has 0 fully saturated rings. The molecule has 0 saturated heterocycles. The van der Waals surface area contributed by atoms with Crippen LogP contribution in [0.5, 0.6) is 0 Å². The van der Waals surface area contributed by atoms with Crippen LogP contribution < -0.4 is 0 Å². The number of nitrogens with zero attached hydrogens (tertiary/aromatic N) is 2. The van der Waals surface area contributed by atoms with E-state index in [1.165, 1.54) is 77.2 Å². The summed E-state index contributed by atoms with van der Waals surface area (Å²) in [6.07, 6.45) is 0.874. The van der Waals surface area contributed by atoms with Crippen LogP contribution in [0.15, 0.2) is 176 Å². The molecule has 2 nitrogen and oxygen atoms in total. The maximum Gasteiger partial charge on any atom is 0.160 e. The highest BCUT2D eigenvalue weighted by Gasteiger charge is 2.43. The number of rotatable bonds is 4. The van der Waals surface area contributed by atoms with Crippen LogP contribution in [0.1, 0.15) is 60.6 Å². The smallest absolute Gasteiger partial charge is 0.160 e. The van der Waals surface area contributed by atoms with Crippen molar-refractivity contribution in [3.63, 3.8) is 0 Å². The highest BCUT2D eigenvalue weighted by Crippen LogP contribution is 2.58. The van der Waals surface area contributed by atoms with Gasteiger partial charge >= 0.3 is 0 Å². The molecule has 0 spiro atoms. The van der Waals surface area contributed by atoms with Crippen molar-refractivity contribution in [1.29, 1.82) is 0 Å². The van der Waals surface area contributed by atoms with Gasteiger partial charge < -0.3 is 0 Å². The van der Waals surface area contributed by atoms with Gasteiger partial charge in [0.15, 0.2) is 5.82 Å². The number of benzene rings is 8. The standard InChI is InChI=1S/C55H42N2/c1-34-39-20-10-11-21-40(39)43-30-31-46-51-44-24-14-12-22-41(44)42-23-13-15-25-45(42)53(51)55(2,3)52(46)48(43)32-47(34)50-33-49(56-54(57-50)38-18-8-5-9-19-38)37-28-26-36(27-29-37)35-16-6-4-7-17-35/h4-31,33-34,47H,32H2,1-3H3. The van der Waals surface area contributed by atoms with Gasteiger partial charge in [-0.15, -0.1) is 0 Å². The Morgan fingerprint density at radius 1 is 0.474 bits per heavy atom. The first-order valence-corrected chi connectivity index (χ1v) is 20.3. The molecule has 1 heterocycles. The second-order valence-corrected chi connectivity index (χ2v) is 16.5. The molecule has 1 aromatic heterocycles. The van der Waals surface area contributed by atoms with Crippen molar-refractivity contribution in [2.75, 3.05) is 0 Å². The lowest BCUT2D eigenvalue weighted by Crippen LogP contribution is -2.20. The predicted molar refractivity (Wildman–Crippen MR) is 238 cm³/mol. The largest absolute Gasteiger partial charge is 0.233 e. The van der Waals surface area contributed by atoms with E-state index < -0.39 is 0 Å². The molecule has 0 amide bonds. The molecule has 272 valence electrons. The van der Waals surface area contributed by atoms with E-state index in [1.54, 1.807) is 0 Å². The Morgan fingerprint density at radius 3 is 1.77 bits per heavy atom. The van der Waals surface area contributed by atoms with Gasteiger partial charge in [-0.05, 0) is 95.6 Å². The summed E-state index contributed by atoms with van der Waals surface area (Å²) in [7, 11) is 0. The van der Waals surface area contributed by atoms with Gasteiger partial charge in [0.2, 0.25) is 0 Å². The molecule has 0 N–H and O–H groups in total. The van der Waals surface area contributed by atoms with E-state index in [1.807, 2.05) is 0 Å². The Kier molecular flexibility index (Phi) is 7.66. The van der Waals surface area contributed by atoms with Crippen LogP contribution in [0.2, 0.25) is 0 Å². The van der Waals surface area contributed by atoms with Crippen LogP contribution in [-0.2, 0) is 11.8 Å². The zero-order valence-electron chi connectivity index (χ0n) is 32.5. The molecule has 0 bridgehead atoms. The zero-order valence-corrected chi connectivity index (χ0v) is 32.5. The molecule has 2 aliphatic carbocycles. The summed E-state index contributed by atoms with van der Waals surface area (Å²) in [6, 6.07) is 64.2. The molecule has 8 aromatic carbocycles. The monoisotopic (exact) mass is 730 g/mol. The van der Waals surface area contributed by atoms with Gasteiger partial charge in [0.1, 0.15) is 0 Å². The molecule has 2 heteroatoms. The molecule has 2 atom stereocenters. The summed E-state index contributed by atoms with van der Waals surface area (Å²) < 4.78 is 0. The second-order valence-electron chi connectivity index (χ2n) is 16.5. The summed E-state index contributed by atoms with van der Waals surface area (Å²) in [4.78, 5) is 10.8. The maximum atomic E-state index is 5.50. The van der Waals surface area contributed by atoms with Gasteiger partial charge in [-0.25, -0.2) is 9.97 Å². The van der Waals surface area contributed by atoms with Crippen molar-refractivity contribution >= 4 is 21.5 Å². The van der Waals surface area contributed by atoms with Crippen molar-refractivity contribution in [1.82, 2.24) is 9.97 Å². The molecule has 0 radical (unpaired) electrons. The van der Waals surface area contributed by atoms with E-state index in [-0.39, 0.29) is 17.3 Å². The first-order valence-electron chi connectivity index (χ1n) is 20.3. The van der Waals surface area contributed by atoms with Gasteiger partial charge in [-0.3, -0.25) is 0 Å². The molecule has 2 aliphatic rings. The third kappa shape index (κ3) is 5.24. The third-order valence-corrected chi connectivity index (χ3v) is 13.0. The lowest BCUT2D eigenvalue weighted by molar-refractivity contribution is 0.556. The Balaban J connectivity index is 1.13. The van der Waals surface area contributed by atoms with E-state index in [9.17, 15) is 0 Å².